The number of para-hydroxylation sites is 2. The second-order valence-corrected chi connectivity index (χ2v) is 7.03. The number of aliphatic imine (C=N–C) groups is 2. The van der Waals surface area contributed by atoms with Crippen LogP contribution in [0, 0.1) is 0 Å². The minimum absolute atomic E-state index is 0.242. The fourth-order valence-corrected chi connectivity index (χ4v) is 3.44. The maximum Gasteiger partial charge on any atom is 0.299 e. The van der Waals surface area contributed by atoms with Gasteiger partial charge in [0.25, 0.3) is 5.91 Å². The Balaban J connectivity index is 1.71. The second-order valence-electron chi connectivity index (χ2n) is 7.03. The van der Waals surface area contributed by atoms with Crippen LogP contribution in [-0.2, 0) is 4.79 Å². The van der Waals surface area contributed by atoms with Gasteiger partial charge in [-0.15, -0.1) is 0 Å². The molecule has 0 atom stereocenters. The number of carbonyl (C=O) groups excluding carboxylic acids is 1. The van der Waals surface area contributed by atoms with Crippen LogP contribution in [0.25, 0.3) is 0 Å². The van der Waals surface area contributed by atoms with Crippen molar-refractivity contribution in [2.24, 2.45) is 9.98 Å². The molecule has 0 aromatic heterocycles. The molecule has 1 fully saturated rings. The molecule has 0 saturated carbocycles. The summed E-state index contributed by atoms with van der Waals surface area (Å²) in [6.07, 6.45) is 0. The average Bonchev–Trinajstić information content (AvgIpc) is 3.12. The number of hydrogen-bond acceptors (Lipinski definition) is 4. The van der Waals surface area contributed by atoms with Crippen LogP contribution in [0.1, 0.15) is 13.8 Å². The van der Waals surface area contributed by atoms with Crippen molar-refractivity contribution in [3.05, 3.63) is 84.9 Å². The van der Waals surface area contributed by atoms with E-state index in [0.717, 1.165) is 30.2 Å². The molecule has 156 valence electrons. The summed E-state index contributed by atoms with van der Waals surface area (Å²) < 4.78 is 0. The van der Waals surface area contributed by atoms with Crippen LogP contribution in [0.4, 0.5) is 22.7 Å². The Morgan fingerprint density at radius 1 is 0.774 bits per heavy atom. The van der Waals surface area contributed by atoms with Gasteiger partial charge in [0.2, 0.25) is 0 Å². The van der Waals surface area contributed by atoms with Crippen LogP contribution >= 0.6 is 0 Å². The van der Waals surface area contributed by atoms with Crippen molar-refractivity contribution in [2.45, 2.75) is 13.8 Å². The summed E-state index contributed by atoms with van der Waals surface area (Å²) in [5, 5.41) is 1.48. The zero-order valence-corrected chi connectivity index (χ0v) is 17.7. The first kappa shape index (κ1) is 20.3. The van der Waals surface area contributed by atoms with Crippen molar-refractivity contribution in [2.75, 3.05) is 23.0 Å². The monoisotopic (exact) mass is 411 g/mol. The van der Waals surface area contributed by atoms with E-state index in [9.17, 15) is 4.79 Å². The first-order valence-corrected chi connectivity index (χ1v) is 10.4. The Kier molecular flexibility index (Phi) is 6.08. The summed E-state index contributed by atoms with van der Waals surface area (Å²) in [5.74, 6) is 0.182. The van der Waals surface area contributed by atoms with E-state index in [-0.39, 0.29) is 11.6 Å². The summed E-state index contributed by atoms with van der Waals surface area (Å²) in [5.41, 5.74) is 6.72. The highest BCUT2D eigenvalue weighted by Gasteiger charge is 2.34. The number of anilines is 2. The zero-order valence-electron chi connectivity index (χ0n) is 17.7. The Morgan fingerprint density at radius 2 is 1.35 bits per heavy atom. The molecule has 0 aliphatic carbocycles. The molecule has 0 unspecified atom stereocenters. The van der Waals surface area contributed by atoms with Crippen molar-refractivity contribution in [1.29, 1.82) is 0 Å². The minimum atomic E-state index is -0.242. The van der Waals surface area contributed by atoms with Gasteiger partial charge in [-0.25, -0.2) is 15.0 Å². The summed E-state index contributed by atoms with van der Waals surface area (Å²) >= 11 is 0. The fraction of sp³-hybridized carbons (Fsp3) is 0.160. The van der Waals surface area contributed by atoms with Gasteiger partial charge in [-0.2, -0.15) is 0 Å². The number of carbonyl (C=O) groups is 1. The van der Waals surface area contributed by atoms with Gasteiger partial charge in [-0.05, 0) is 62.4 Å². The standard InChI is InChI=1S/C25H25N5O/c1-3-29(4-2)21-17-15-20(16-18-21)26-23-24(27-19-11-7-5-8-12-19)28-30(25(23)31)22-13-9-6-10-14-22/h5-18H,3-4H2,1-2H3,(H,27,28). The molecular weight excluding hydrogens is 386 g/mol. The van der Waals surface area contributed by atoms with E-state index in [0.29, 0.717) is 11.5 Å². The lowest BCUT2D eigenvalue weighted by molar-refractivity contribution is -0.112. The highest BCUT2D eigenvalue weighted by molar-refractivity contribution is 6.72. The fourth-order valence-electron chi connectivity index (χ4n) is 3.44. The zero-order chi connectivity index (χ0) is 21.6. The van der Waals surface area contributed by atoms with E-state index in [4.69, 9.17) is 0 Å². The van der Waals surface area contributed by atoms with Gasteiger partial charge >= 0.3 is 0 Å². The third-order valence-corrected chi connectivity index (χ3v) is 5.08. The van der Waals surface area contributed by atoms with Crippen molar-refractivity contribution in [1.82, 2.24) is 5.43 Å². The lowest BCUT2D eigenvalue weighted by Gasteiger charge is -2.20. The summed E-state index contributed by atoms with van der Waals surface area (Å²) in [7, 11) is 0. The van der Waals surface area contributed by atoms with Crippen molar-refractivity contribution in [3.63, 3.8) is 0 Å². The van der Waals surface area contributed by atoms with Gasteiger partial charge in [-0.3, -0.25) is 10.2 Å². The quantitative estimate of drug-likeness (QED) is 0.628. The Morgan fingerprint density at radius 3 is 1.97 bits per heavy atom. The average molecular weight is 412 g/mol. The highest BCUT2D eigenvalue weighted by Crippen LogP contribution is 2.23. The Hall–Kier alpha value is -3.93. The molecule has 3 aromatic carbocycles. The number of hydrogen-bond donors (Lipinski definition) is 1. The topological polar surface area (TPSA) is 60.3 Å². The van der Waals surface area contributed by atoms with Gasteiger partial charge < -0.3 is 4.90 Å². The molecule has 1 aliphatic heterocycles. The molecule has 1 N–H and O–H groups in total. The predicted molar refractivity (Wildman–Crippen MR) is 128 cm³/mol. The highest BCUT2D eigenvalue weighted by atomic mass is 16.2. The van der Waals surface area contributed by atoms with E-state index in [2.05, 4.69) is 34.2 Å². The van der Waals surface area contributed by atoms with Crippen LogP contribution in [0.2, 0.25) is 0 Å². The van der Waals surface area contributed by atoms with Gasteiger partial charge in [0.05, 0.1) is 17.1 Å². The molecule has 4 rings (SSSR count). The number of nitrogens with zero attached hydrogens (tertiary/aromatic N) is 4. The molecule has 0 bridgehead atoms. The van der Waals surface area contributed by atoms with E-state index in [1.807, 2.05) is 84.9 Å². The molecule has 1 amide bonds. The number of hydrazine groups is 1. The number of nitrogens with one attached hydrogen (secondary N) is 1. The van der Waals surface area contributed by atoms with E-state index in [1.165, 1.54) is 5.01 Å². The lowest BCUT2D eigenvalue weighted by Crippen LogP contribution is -2.35. The van der Waals surface area contributed by atoms with E-state index >= 15 is 0 Å². The molecule has 1 aliphatic rings. The first-order valence-electron chi connectivity index (χ1n) is 10.4. The minimum Gasteiger partial charge on any atom is -0.372 e. The Labute approximate surface area is 182 Å². The molecule has 1 saturated heterocycles. The van der Waals surface area contributed by atoms with Crippen molar-refractivity contribution < 1.29 is 4.79 Å². The van der Waals surface area contributed by atoms with Crippen LogP contribution in [0.15, 0.2) is 94.9 Å². The van der Waals surface area contributed by atoms with Gasteiger partial charge in [-0.1, -0.05) is 36.4 Å². The van der Waals surface area contributed by atoms with E-state index < -0.39 is 0 Å². The number of benzene rings is 3. The molecule has 1 heterocycles. The smallest absolute Gasteiger partial charge is 0.299 e. The SMILES string of the molecule is CCN(CC)c1ccc(N=C2C(=O)N(c3ccccc3)NC2=Nc2ccccc2)cc1. The summed E-state index contributed by atoms with van der Waals surface area (Å²) in [6, 6.07) is 26.9. The first-order chi connectivity index (χ1) is 15.2. The van der Waals surface area contributed by atoms with Crippen LogP contribution < -0.4 is 15.3 Å². The molecule has 3 aromatic rings. The number of amides is 1. The molecule has 31 heavy (non-hydrogen) atoms. The third kappa shape index (κ3) is 4.48. The maximum absolute atomic E-state index is 13.2. The summed E-state index contributed by atoms with van der Waals surface area (Å²) in [4.78, 5) is 24.8. The van der Waals surface area contributed by atoms with Gasteiger partial charge in [0, 0.05) is 18.8 Å². The normalized spacial score (nSPS) is 16.1. The van der Waals surface area contributed by atoms with Crippen LogP contribution in [0.3, 0.4) is 0 Å². The molecule has 6 heteroatoms. The number of amidine groups is 1. The molecule has 0 radical (unpaired) electrons. The molecule has 0 spiro atoms. The van der Waals surface area contributed by atoms with Crippen LogP contribution in [0.5, 0.6) is 0 Å². The predicted octanol–water partition coefficient (Wildman–Crippen LogP) is 4.89. The number of rotatable bonds is 6. The third-order valence-electron chi connectivity index (χ3n) is 5.08. The van der Waals surface area contributed by atoms with E-state index in [1.54, 1.807) is 0 Å². The van der Waals surface area contributed by atoms with Gasteiger partial charge in [0.15, 0.2) is 11.5 Å². The van der Waals surface area contributed by atoms with Crippen LogP contribution in [-0.4, -0.2) is 30.5 Å². The largest absolute Gasteiger partial charge is 0.372 e. The molecular formula is C25H25N5O. The van der Waals surface area contributed by atoms with Crippen molar-refractivity contribution >= 4 is 40.2 Å². The lowest BCUT2D eigenvalue weighted by atomic mass is 10.2. The Bertz CT molecular complexity index is 1090. The molecule has 6 nitrogen and oxygen atoms in total. The summed E-state index contributed by atoms with van der Waals surface area (Å²) in [6.45, 7) is 6.13. The maximum atomic E-state index is 13.2. The van der Waals surface area contributed by atoms with Gasteiger partial charge in [0.1, 0.15) is 0 Å². The van der Waals surface area contributed by atoms with Crippen molar-refractivity contribution in [3.8, 4) is 0 Å². The second kappa shape index (κ2) is 9.26.